The van der Waals surface area contributed by atoms with Gasteiger partial charge in [-0.05, 0) is 73.6 Å². The molecule has 0 aliphatic carbocycles. The van der Waals surface area contributed by atoms with E-state index in [0.29, 0.717) is 30.0 Å². The van der Waals surface area contributed by atoms with Crippen LogP contribution >= 0.6 is 0 Å². The lowest BCUT2D eigenvalue weighted by molar-refractivity contribution is -0.137. The average molecular weight is 462 g/mol. The molecule has 2 aliphatic heterocycles. The number of imide groups is 1. The third-order valence-corrected chi connectivity index (χ3v) is 6.46. The topological polar surface area (TPSA) is 61.9 Å². The van der Waals surface area contributed by atoms with E-state index in [0.717, 1.165) is 30.4 Å². The second-order valence-corrected chi connectivity index (χ2v) is 9.66. The van der Waals surface area contributed by atoms with Gasteiger partial charge in [0.25, 0.3) is 11.8 Å². The molecular weight excluding hydrogens is 426 g/mol. The molecule has 0 aromatic heterocycles. The summed E-state index contributed by atoms with van der Waals surface area (Å²) in [6.45, 7) is 11.3. The number of rotatable bonds is 8. The molecule has 2 heterocycles. The largest absolute Gasteiger partial charge is 0.494 e. The van der Waals surface area contributed by atoms with Crippen LogP contribution in [0.15, 0.2) is 54.2 Å². The molecule has 0 spiro atoms. The smallest absolute Gasteiger partial charge is 0.278 e. The molecule has 0 atom stereocenters. The number of hydrogen-bond acceptors (Lipinski definition) is 5. The van der Waals surface area contributed by atoms with Gasteiger partial charge in [0.05, 0.1) is 12.2 Å². The molecule has 0 unspecified atom stereocenters. The summed E-state index contributed by atoms with van der Waals surface area (Å²) in [6.07, 6.45) is 2.42. The van der Waals surface area contributed by atoms with Crippen molar-refractivity contribution in [2.45, 2.75) is 40.5 Å². The Balaban J connectivity index is 1.61. The summed E-state index contributed by atoms with van der Waals surface area (Å²) in [5, 5.41) is 3.27. The highest BCUT2D eigenvalue weighted by Crippen LogP contribution is 2.32. The van der Waals surface area contributed by atoms with E-state index in [1.54, 1.807) is 0 Å². The fourth-order valence-electron chi connectivity index (χ4n) is 4.54. The van der Waals surface area contributed by atoms with Crippen LogP contribution in [-0.4, -0.2) is 43.0 Å². The predicted octanol–water partition coefficient (Wildman–Crippen LogP) is 5.17. The number of nitrogens with one attached hydrogen (secondary N) is 1. The maximum Gasteiger partial charge on any atom is 0.278 e. The molecule has 1 N–H and O–H groups in total. The Hall–Kier alpha value is -3.28. The van der Waals surface area contributed by atoms with Gasteiger partial charge in [-0.25, -0.2) is 0 Å². The van der Waals surface area contributed by atoms with Crippen LogP contribution in [0.1, 0.15) is 46.1 Å². The Bertz CT molecular complexity index is 1050. The molecule has 1 fully saturated rings. The van der Waals surface area contributed by atoms with Gasteiger partial charge in [0.2, 0.25) is 0 Å². The highest BCUT2D eigenvalue weighted by molar-refractivity contribution is 6.36. The van der Waals surface area contributed by atoms with E-state index in [2.05, 4.69) is 29.3 Å². The number of piperidine rings is 1. The lowest BCUT2D eigenvalue weighted by Gasteiger charge is -2.32. The quantitative estimate of drug-likeness (QED) is 0.550. The molecule has 2 amide bonds. The molecule has 2 aliphatic rings. The van der Waals surface area contributed by atoms with Crippen LogP contribution in [0.3, 0.4) is 0 Å². The van der Waals surface area contributed by atoms with Crippen molar-refractivity contribution in [1.29, 1.82) is 0 Å². The Labute approximate surface area is 202 Å². The minimum Gasteiger partial charge on any atom is -0.494 e. The molecule has 0 radical (unpaired) electrons. The van der Waals surface area contributed by atoms with Crippen molar-refractivity contribution in [3.05, 3.63) is 59.8 Å². The van der Waals surface area contributed by atoms with Crippen molar-refractivity contribution < 1.29 is 14.3 Å². The van der Waals surface area contributed by atoms with Crippen molar-refractivity contribution in [1.82, 2.24) is 4.90 Å². The summed E-state index contributed by atoms with van der Waals surface area (Å²) in [5.41, 5.74) is 3.42. The number of ether oxygens (including phenoxy) is 1. The summed E-state index contributed by atoms with van der Waals surface area (Å²) >= 11 is 0. The Kier molecular flexibility index (Phi) is 7.25. The van der Waals surface area contributed by atoms with Crippen LogP contribution in [0, 0.1) is 11.8 Å². The van der Waals surface area contributed by atoms with Crippen LogP contribution < -0.4 is 15.0 Å². The zero-order valence-electron chi connectivity index (χ0n) is 20.6. The summed E-state index contributed by atoms with van der Waals surface area (Å²) < 4.78 is 5.54. The second-order valence-electron chi connectivity index (χ2n) is 9.66. The number of hydrogen-bond donors (Lipinski definition) is 1. The third kappa shape index (κ3) is 5.11. The Morgan fingerprint density at radius 3 is 2.21 bits per heavy atom. The number of carbonyl (C=O) groups is 2. The molecular formula is C28H35N3O3. The predicted molar refractivity (Wildman–Crippen MR) is 137 cm³/mol. The minimum atomic E-state index is -0.281. The fraction of sp³-hybridized carbons (Fsp3) is 0.429. The van der Waals surface area contributed by atoms with Crippen molar-refractivity contribution in [3.8, 4) is 5.75 Å². The van der Waals surface area contributed by atoms with Gasteiger partial charge in [-0.3, -0.25) is 14.5 Å². The van der Waals surface area contributed by atoms with E-state index in [9.17, 15) is 9.59 Å². The molecule has 0 saturated carbocycles. The summed E-state index contributed by atoms with van der Waals surface area (Å²) in [4.78, 5) is 30.4. The van der Waals surface area contributed by atoms with E-state index in [4.69, 9.17) is 4.74 Å². The van der Waals surface area contributed by atoms with Gasteiger partial charge < -0.3 is 15.0 Å². The minimum absolute atomic E-state index is 0.181. The average Bonchev–Trinajstić information content (AvgIpc) is 3.05. The van der Waals surface area contributed by atoms with Crippen molar-refractivity contribution in [3.63, 3.8) is 0 Å². The summed E-state index contributed by atoms with van der Waals surface area (Å²) in [5.74, 6) is 1.16. The SMILES string of the molecule is CCOc1ccc(C2=C(Nc3ccc(N4CCC(C)CC4)cc3)C(=O)N(CC(C)C)C2=O)cc1. The zero-order valence-corrected chi connectivity index (χ0v) is 20.6. The van der Waals surface area contributed by atoms with E-state index >= 15 is 0 Å². The highest BCUT2D eigenvalue weighted by Gasteiger charge is 2.39. The normalized spacial score (nSPS) is 17.2. The first-order chi connectivity index (χ1) is 16.4. The maximum atomic E-state index is 13.3. The zero-order chi connectivity index (χ0) is 24.2. The van der Waals surface area contributed by atoms with Crippen molar-refractivity contribution in [2.24, 2.45) is 11.8 Å². The maximum absolute atomic E-state index is 13.3. The summed E-state index contributed by atoms with van der Waals surface area (Å²) in [6, 6.07) is 15.5. The van der Waals surface area contributed by atoms with Crippen molar-refractivity contribution >= 4 is 28.8 Å². The van der Waals surface area contributed by atoms with Gasteiger partial charge in [0.15, 0.2) is 0 Å². The van der Waals surface area contributed by atoms with Crippen molar-refractivity contribution in [2.75, 3.05) is 36.5 Å². The molecule has 6 nitrogen and oxygen atoms in total. The molecule has 2 aromatic rings. The highest BCUT2D eigenvalue weighted by atomic mass is 16.5. The number of anilines is 2. The molecule has 4 rings (SSSR count). The van der Waals surface area contributed by atoms with Gasteiger partial charge in [0.1, 0.15) is 11.4 Å². The van der Waals surface area contributed by atoms with E-state index in [1.165, 1.54) is 23.4 Å². The van der Waals surface area contributed by atoms with Crippen LogP contribution in [0.5, 0.6) is 5.75 Å². The number of amides is 2. The van der Waals surface area contributed by atoms with Gasteiger partial charge >= 0.3 is 0 Å². The second kappa shape index (κ2) is 10.3. The van der Waals surface area contributed by atoms with Crippen LogP contribution in [-0.2, 0) is 9.59 Å². The summed E-state index contributed by atoms with van der Waals surface area (Å²) in [7, 11) is 0. The van der Waals surface area contributed by atoms with Gasteiger partial charge in [0, 0.05) is 31.0 Å². The number of nitrogens with zero attached hydrogens (tertiary/aromatic N) is 2. The van der Waals surface area contributed by atoms with Gasteiger partial charge in [-0.2, -0.15) is 0 Å². The van der Waals surface area contributed by atoms with Gasteiger partial charge in [-0.1, -0.05) is 32.9 Å². The molecule has 1 saturated heterocycles. The molecule has 34 heavy (non-hydrogen) atoms. The molecule has 180 valence electrons. The molecule has 6 heteroatoms. The van der Waals surface area contributed by atoms with E-state index in [-0.39, 0.29) is 17.7 Å². The van der Waals surface area contributed by atoms with Crippen LogP contribution in [0.25, 0.3) is 5.57 Å². The van der Waals surface area contributed by atoms with E-state index < -0.39 is 0 Å². The Morgan fingerprint density at radius 1 is 0.971 bits per heavy atom. The molecule has 0 bridgehead atoms. The fourth-order valence-corrected chi connectivity index (χ4v) is 4.54. The first-order valence-corrected chi connectivity index (χ1v) is 12.3. The van der Waals surface area contributed by atoms with Crippen LogP contribution in [0.4, 0.5) is 11.4 Å². The standard InChI is InChI=1S/C28H35N3O3/c1-5-34-24-12-6-21(7-13-24)25-26(28(33)31(27(25)32)18-19(2)3)29-22-8-10-23(11-9-22)30-16-14-20(4)15-17-30/h6-13,19-20,29H,5,14-18H2,1-4H3. The van der Waals surface area contributed by atoms with Crippen LogP contribution in [0.2, 0.25) is 0 Å². The lowest BCUT2D eigenvalue weighted by atomic mass is 9.99. The molecule has 2 aromatic carbocycles. The third-order valence-electron chi connectivity index (χ3n) is 6.46. The Morgan fingerprint density at radius 2 is 1.62 bits per heavy atom. The monoisotopic (exact) mass is 461 g/mol. The first-order valence-electron chi connectivity index (χ1n) is 12.3. The lowest BCUT2D eigenvalue weighted by Crippen LogP contribution is -2.35. The van der Waals surface area contributed by atoms with E-state index in [1.807, 2.05) is 57.2 Å². The number of carbonyl (C=O) groups excluding carboxylic acids is 2. The number of benzene rings is 2. The van der Waals surface area contributed by atoms with Gasteiger partial charge in [-0.15, -0.1) is 0 Å². The first kappa shape index (κ1) is 23.9.